The van der Waals surface area contributed by atoms with Crippen molar-refractivity contribution in [3.05, 3.63) is 17.3 Å². The molecule has 0 saturated carbocycles. The predicted octanol–water partition coefficient (Wildman–Crippen LogP) is 1.02. The topological polar surface area (TPSA) is 57.4 Å². The summed E-state index contributed by atoms with van der Waals surface area (Å²) in [5.74, 6) is 0. The van der Waals surface area contributed by atoms with Crippen LogP contribution < -0.4 is 0 Å². The van der Waals surface area contributed by atoms with E-state index in [1.807, 2.05) is 0 Å². The largest absolute Gasteiger partial charge is 0.341 e. The highest BCUT2D eigenvalue weighted by Crippen LogP contribution is 2.02. The molecule has 2 N–H and O–H groups in total. The zero-order valence-electron chi connectivity index (χ0n) is 4.96. The highest BCUT2D eigenvalue weighted by Gasteiger charge is 1.94. The number of hydrogen-bond donors (Lipinski definition) is 2. The van der Waals surface area contributed by atoms with Crippen molar-refractivity contribution >= 4 is 23.4 Å². The number of nitrogens with one attached hydrogen (secondary N) is 2. The van der Waals surface area contributed by atoms with E-state index in [9.17, 15) is 0 Å². The summed E-state index contributed by atoms with van der Waals surface area (Å²) in [5, 5.41) is 0. The number of imidazole rings is 1. The molecule has 2 aromatic rings. The van der Waals surface area contributed by atoms with Crippen LogP contribution in [0.5, 0.6) is 0 Å². The number of H-pyrrole nitrogens is 2. The number of aromatic nitrogens is 4. The Labute approximate surface area is 61.3 Å². The molecule has 0 aliphatic rings. The third-order valence-corrected chi connectivity index (χ3v) is 1.55. The van der Waals surface area contributed by atoms with Gasteiger partial charge in [-0.2, -0.15) is 0 Å². The Hall–Kier alpha value is -1.23. The standard InChI is InChI=1S/C5H4N4S/c10-5-3-4(7-1-6-3)8-2-9-5/h1-2H,(H2,6,7,8,9,10)/i1+1,4+1,6+1. The van der Waals surface area contributed by atoms with Gasteiger partial charge in [-0.3, -0.25) is 0 Å². The quantitative estimate of drug-likeness (QED) is 0.558. The Morgan fingerprint density at radius 3 is 2.80 bits per heavy atom. The molecule has 0 amide bonds. The van der Waals surface area contributed by atoms with Gasteiger partial charge in [-0.1, -0.05) is 12.2 Å². The summed E-state index contributed by atoms with van der Waals surface area (Å²) in [6, 6.07) is 0. The Kier molecular flexibility index (Phi) is 1.04. The van der Waals surface area contributed by atoms with Crippen LogP contribution in [0.15, 0.2) is 12.7 Å². The van der Waals surface area contributed by atoms with E-state index in [1.165, 1.54) is 6.33 Å². The first-order valence-corrected chi connectivity index (χ1v) is 3.15. The van der Waals surface area contributed by atoms with Crippen LogP contribution in [0.25, 0.3) is 11.2 Å². The van der Waals surface area contributed by atoms with Gasteiger partial charge in [-0.05, 0) is 0 Å². The maximum Gasteiger partial charge on any atom is 0.159 e. The van der Waals surface area contributed by atoms with Gasteiger partial charge in [0.25, 0.3) is 0 Å². The van der Waals surface area contributed by atoms with E-state index < -0.39 is 0 Å². The number of nitrogens with zero attached hydrogens (tertiary/aromatic N) is 2. The zero-order chi connectivity index (χ0) is 6.97. The van der Waals surface area contributed by atoms with E-state index in [2.05, 4.69) is 19.9 Å². The van der Waals surface area contributed by atoms with Crippen molar-refractivity contribution in [3.8, 4) is 0 Å². The van der Waals surface area contributed by atoms with Crippen LogP contribution in [-0.2, 0) is 0 Å². The van der Waals surface area contributed by atoms with Crippen molar-refractivity contribution in [1.29, 1.82) is 0 Å². The van der Waals surface area contributed by atoms with Gasteiger partial charge >= 0.3 is 0 Å². The zero-order valence-corrected chi connectivity index (χ0v) is 5.77. The summed E-state index contributed by atoms with van der Waals surface area (Å²) in [7, 11) is 0. The predicted molar refractivity (Wildman–Crippen MR) is 39.1 cm³/mol. The average Bonchev–Trinajstić information content (AvgIpc) is 2.36. The molecule has 2 rings (SSSR count). The molecule has 2 heterocycles. The van der Waals surface area contributed by atoms with Crippen LogP contribution in [0.4, 0.5) is 0 Å². The second-order valence-electron chi connectivity index (χ2n) is 1.83. The van der Waals surface area contributed by atoms with Crippen molar-refractivity contribution in [3.63, 3.8) is 0 Å². The molecule has 0 unspecified atom stereocenters. The SMILES string of the molecule is S=c1nc[nH][13c]2n[13cH][15nH]c12. The number of hydrogen-bond acceptors (Lipinski definition) is 3. The van der Waals surface area contributed by atoms with Crippen molar-refractivity contribution in [2.75, 3.05) is 0 Å². The second-order valence-corrected chi connectivity index (χ2v) is 2.22. The average molecular weight is 155 g/mol. The molecule has 10 heavy (non-hydrogen) atoms. The molecule has 0 radical (unpaired) electrons. The number of fused-ring (bicyclic) bond motifs is 1. The van der Waals surface area contributed by atoms with Crippen molar-refractivity contribution < 1.29 is 0 Å². The Bertz CT molecular complexity index is 401. The molecule has 50 valence electrons. The first kappa shape index (κ1) is 5.55. The van der Waals surface area contributed by atoms with Crippen LogP contribution in [-0.4, -0.2) is 19.9 Å². The lowest BCUT2D eigenvalue weighted by Crippen LogP contribution is -1.80. The van der Waals surface area contributed by atoms with Crippen molar-refractivity contribution in [2.24, 2.45) is 0 Å². The lowest BCUT2D eigenvalue weighted by Gasteiger charge is -1.84. The first-order valence-electron chi connectivity index (χ1n) is 2.75. The van der Waals surface area contributed by atoms with E-state index in [1.54, 1.807) is 6.33 Å². The summed E-state index contributed by atoms with van der Waals surface area (Å²) in [6.07, 6.45) is 3.12. The Balaban J connectivity index is 3.09. The van der Waals surface area contributed by atoms with Gasteiger partial charge in [0.2, 0.25) is 0 Å². The fourth-order valence-corrected chi connectivity index (χ4v) is 0.992. The minimum atomic E-state index is 0.547. The lowest BCUT2D eigenvalue weighted by molar-refractivity contribution is 1.18. The van der Waals surface area contributed by atoms with Crippen LogP contribution in [0.1, 0.15) is 0 Å². The smallest absolute Gasteiger partial charge is 0.159 e. The van der Waals surface area contributed by atoms with Crippen LogP contribution in [0.2, 0.25) is 0 Å². The number of rotatable bonds is 0. The van der Waals surface area contributed by atoms with Crippen LogP contribution in [0.3, 0.4) is 0 Å². The minimum absolute atomic E-state index is 0.547. The molecule has 0 aromatic carbocycles. The minimum Gasteiger partial charge on any atom is -0.341 e. The highest BCUT2D eigenvalue weighted by atomic mass is 32.1. The highest BCUT2D eigenvalue weighted by molar-refractivity contribution is 7.71. The van der Waals surface area contributed by atoms with Gasteiger partial charge in [-0.25, -0.2) is 9.97 Å². The maximum absolute atomic E-state index is 4.91. The third-order valence-electron chi connectivity index (χ3n) is 1.24. The normalized spacial score (nSPS) is 10.4. The maximum atomic E-state index is 4.91. The molecular formula is C5H4N4S. The van der Waals surface area contributed by atoms with Crippen molar-refractivity contribution in [2.45, 2.75) is 0 Å². The summed E-state index contributed by atoms with van der Waals surface area (Å²) in [6.45, 7) is 0. The Morgan fingerprint density at radius 1 is 1.20 bits per heavy atom. The fraction of sp³-hybridized carbons (Fsp3) is 0. The van der Waals surface area contributed by atoms with Gasteiger partial charge in [0.1, 0.15) is 5.52 Å². The fourth-order valence-electron chi connectivity index (χ4n) is 0.783. The molecule has 0 aliphatic heterocycles. The molecule has 0 bridgehead atoms. The summed E-state index contributed by atoms with van der Waals surface area (Å²) in [4.78, 5) is 13.6. The van der Waals surface area contributed by atoms with Gasteiger partial charge < -0.3 is 9.97 Å². The summed E-state index contributed by atoms with van der Waals surface area (Å²) < 4.78 is 0.547. The van der Waals surface area contributed by atoms with E-state index in [4.69, 9.17) is 12.2 Å². The molecule has 2 aromatic heterocycles. The molecule has 0 aliphatic carbocycles. The van der Waals surface area contributed by atoms with E-state index in [0.717, 1.165) is 11.2 Å². The molecule has 4 nitrogen and oxygen atoms in total. The van der Waals surface area contributed by atoms with E-state index in [0.29, 0.717) is 4.64 Å². The third kappa shape index (κ3) is 0.640. The van der Waals surface area contributed by atoms with E-state index in [-0.39, 0.29) is 0 Å². The molecule has 0 saturated heterocycles. The molecule has 0 fully saturated rings. The second kappa shape index (κ2) is 1.88. The molecular weight excluding hydrogens is 151 g/mol. The number of aromatic amines is 2. The van der Waals surface area contributed by atoms with Crippen molar-refractivity contribution in [1.82, 2.24) is 19.9 Å². The molecule has 0 atom stereocenters. The van der Waals surface area contributed by atoms with Gasteiger partial charge in [0, 0.05) is 0 Å². The van der Waals surface area contributed by atoms with Gasteiger partial charge in [-0.15, -0.1) is 0 Å². The van der Waals surface area contributed by atoms with Crippen LogP contribution in [0, 0.1) is 4.64 Å². The first-order chi connectivity index (χ1) is 4.88. The summed E-state index contributed by atoms with van der Waals surface area (Å²) in [5.41, 5.74) is 1.54. The Morgan fingerprint density at radius 2 is 2.00 bits per heavy atom. The monoisotopic (exact) mass is 155 g/mol. The molecule has 0 spiro atoms. The van der Waals surface area contributed by atoms with Crippen LogP contribution >= 0.6 is 12.2 Å². The lowest BCUT2D eigenvalue weighted by atomic mass is 10.8. The van der Waals surface area contributed by atoms with Gasteiger partial charge in [0.15, 0.2) is 10.3 Å². The molecule has 5 heteroatoms. The summed E-state index contributed by atoms with van der Waals surface area (Å²) >= 11 is 4.91. The van der Waals surface area contributed by atoms with Gasteiger partial charge in [0.05, 0.1) is 12.7 Å². The van der Waals surface area contributed by atoms with E-state index >= 15 is 0 Å².